The van der Waals surface area contributed by atoms with E-state index in [4.69, 9.17) is 16.3 Å². The zero-order valence-corrected chi connectivity index (χ0v) is 23.4. The quantitative estimate of drug-likeness (QED) is 0.234. The van der Waals surface area contributed by atoms with E-state index in [2.05, 4.69) is 14.8 Å². The fourth-order valence-electron chi connectivity index (χ4n) is 3.58. The topological polar surface area (TPSA) is 125 Å². The molecule has 0 aliphatic rings. The smallest absolute Gasteiger partial charge is 0.355 e. The number of rotatable bonds is 8. The first kappa shape index (κ1) is 27.4. The molecular weight excluding hydrogens is 550 g/mol. The molecule has 0 aliphatic carbocycles. The Morgan fingerprint density at radius 3 is 2.50 bits per heavy atom. The molecule has 0 amide bonds. The van der Waals surface area contributed by atoms with Crippen molar-refractivity contribution in [1.29, 1.82) is 0 Å². The zero-order chi connectivity index (χ0) is 27.6. The van der Waals surface area contributed by atoms with E-state index in [0.717, 1.165) is 21.0 Å². The average Bonchev–Trinajstić information content (AvgIpc) is 3.63. The summed E-state index contributed by atoms with van der Waals surface area (Å²) in [6, 6.07) is 9.48. The Balaban J connectivity index is 1.82. The van der Waals surface area contributed by atoms with Gasteiger partial charge in [0.25, 0.3) is 11.5 Å². The van der Waals surface area contributed by atoms with Gasteiger partial charge in [-0.25, -0.2) is 9.17 Å². The summed E-state index contributed by atoms with van der Waals surface area (Å²) in [5.41, 5.74) is -1.01. The fourth-order valence-corrected chi connectivity index (χ4v) is 5.13. The second kappa shape index (κ2) is 11.0. The molecule has 0 fully saturated rings. The van der Waals surface area contributed by atoms with Crippen LogP contribution in [-0.4, -0.2) is 43.5 Å². The van der Waals surface area contributed by atoms with Crippen molar-refractivity contribution < 1.29 is 19.1 Å². The third-order valence-electron chi connectivity index (χ3n) is 5.47. The number of ketones is 1. The van der Waals surface area contributed by atoms with E-state index in [1.165, 1.54) is 47.5 Å². The third kappa shape index (κ3) is 5.77. The van der Waals surface area contributed by atoms with Gasteiger partial charge in [0.05, 0.1) is 35.1 Å². The first-order valence-electron chi connectivity index (χ1n) is 11.4. The highest BCUT2D eigenvalue weighted by Gasteiger charge is 2.29. The van der Waals surface area contributed by atoms with Gasteiger partial charge in [-0.05, 0) is 35.8 Å². The molecule has 38 heavy (non-hydrogen) atoms. The SMILES string of the molecule is COC(=O)c1c(-c2cc(NCc3ccc(Cl)s3)n(C(=O)C(C)(C)C)n2)ccc(=O)n1CC(=O)c1ccns1. The normalized spacial score (nSPS) is 11.4. The van der Waals surface area contributed by atoms with Crippen molar-refractivity contribution in [3.63, 3.8) is 0 Å². The molecule has 4 heterocycles. The second-order valence-corrected chi connectivity index (χ2v) is 11.9. The monoisotopic (exact) mass is 573 g/mol. The Hall–Kier alpha value is -3.61. The molecule has 0 atom stereocenters. The second-order valence-electron chi connectivity index (χ2n) is 9.25. The summed E-state index contributed by atoms with van der Waals surface area (Å²) in [5, 5.41) is 7.72. The Kier molecular flexibility index (Phi) is 7.95. The number of ether oxygens (including phenoxy) is 1. The molecule has 4 rings (SSSR count). The molecule has 0 aliphatic heterocycles. The number of thiophene rings is 1. The summed E-state index contributed by atoms with van der Waals surface area (Å²) in [6.07, 6.45) is 1.48. The predicted molar refractivity (Wildman–Crippen MR) is 146 cm³/mol. The first-order valence-corrected chi connectivity index (χ1v) is 13.4. The van der Waals surface area contributed by atoms with Crippen LogP contribution in [0.15, 0.2) is 47.4 Å². The van der Waals surface area contributed by atoms with Crippen molar-refractivity contribution in [2.75, 3.05) is 12.4 Å². The molecule has 0 saturated carbocycles. The van der Waals surface area contributed by atoms with Crippen LogP contribution < -0.4 is 10.9 Å². The number of nitrogens with one attached hydrogen (secondary N) is 1. The average molecular weight is 574 g/mol. The number of aromatic nitrogens is 4. The number of halogens is 1. The number of esters is 1. The summed E-state index contributed by atoms with van der Waals surface area (Å²) in [7, 11) is 1.18. The van der Waals surface area contributed by atoms with Crippen LogP contribution in [0.2, 0.25) is 4.34 Å². The highest BCUT2D eigenvalue weighted by Crippen LogP contribution is 2.29. The molecular formula is C25H24ClN5O5S2. The Labute approximate surface area is 231 Å². The van der Waals surface area contributed by atoms with E-state index in [1.807, 2.05) is 6.07 Å². The van der Waals surface area contributed by atoms with Gasteiger partial charge in [0.2, 0.25) is 0 Å². The van der Waals surface area contributed by atoms with Gasteiger partial charge >= 0.3 is 5.97 Å². The van der Waals surface area contributed by atoms with E-state index >= 15 is 0 Å². The molecule has 4 aromatic heterocycles. The molecule has 1 N–H and O–H groups in total. The number of carbonyl (C=O) groups is 3. The van der Waals surface area contributed by atoms with Crippen LogP contribution in [0.1, 0.15) is 50.6 Å². The number of carbonyl (C=O) groups excluding carboxylic acids is 3. The number of nitrogens with zero attached hydrogens (tertiary/aromatic N) is 4. The first-order chi connectivity index (χ1) is 18.0. The summed E-state index contributed by atoms with van der Waals surface area (Å²) in [5.74, 6) is -1.11. The molecule has 0 saturated heterocycles. The van der Waals surface area contributed by atoms with Gasteiger partial charge in [0.15, 0.2) is 5.78 Å². The van der Waals surface area contributed by atoms with Gasteiger partial charge < -0.3 is 10.1 Å². The maximum atomic E-state index is 13.3. The number of hydrogen-bond acceptors (Lipinski definition) is 10. The van der Waals surface area contributed by atoms with Crippen LogP contribution >= 0.6 is 34.5 Å². The Bertz CT molecular complexity index is 1560. The minimum absolute atomic E-state index is 0.151. The maximum absolute atomic E-state index is 13.3. The lowest BCUT2D eigenvalue weighted by Crippen LogP contribution is -2.30. The molecule has 0 radical (unpaired) electrons. The molecule has 13 heteroatoms. The molecule has 0 unspecified atom stereocenters. The van der Waals surface area contributed by atoms with Crippen molar-refractivity contribution in [3.8, 4) is 11.3 Å². The van der Waals surface area contributed by atoms with E-state index < -0.39 is 23.5 Å². The fraction of sp³-hybridized carbons (Fsp3) is 0.280. The van der Waals surface area contributed by atoms with Gasteiger partial charge in [-0.2, -0.15) is 9.78 Å². The van der Waals surface area contributed by atoms with E-state index in [-0.39, 0.29) is 28.6 Å². The highest BCUT2D eigenvalue weighted by molar-refractivity contribution is 7.16. The number of anilines is 1. The Morgan fingerprint density at radius 2 is 1.89 bits per heavy atom. The van der Waals surface area contributed by atoms with E-state index in [9.17, 15) is 19.2 Å². The number of Topliss-reactive ketones (excluding diaryl/α,β-unsaturated/α-hetero) is 1. The largest absolute Gasteiger partial charge is 0.464 e. The van der Waals surface area contributed by atoms with Crippen molar-refractivity contribution in [2.45, 2.75) is 33.9 Å². The van der Waals surface area contributed by atoms with Crippen molar-refractivity contribution in [3.05, 3.63) is 72.7 Å². The molecule has 10 nitrogen and oxygen atoms in total. The minimum atomic E-state index is -0.825. The third-order valence-corrected chi connectivity index (χ3v) is 7.49. The van der Waals surface area contributed by atoms with Gasteiger partial charge in [0, 0.05) is 34.2 Å². The predicted octanol–water partition coefficient (Wildman–Crippen LogP) is 4.85. The van der Waals surface area contributed by atoms with Crippen molar-refractivity contribution in [2.24, 2.45) is 5.41 Å². The minimum Gasteiger partial charge on any atom is -0.464 e. The van der Waals surface area contributed by atoms with Crippen molar-refractivity contribution >= 4 is 57.9 Å². The lowest BCUT2D eigenvalue weighted by Gasteiger charge is -2.18. The lowest BCUT2D eigenvalue weighted by atomic mass is 9.96. The van der Waals surface area contributed by atoms with Crippen LogP contribution in [-0.2, 0) is 17.8 Å². The summed E-state index contributed by atoms with van der Waals surface area (Å²) in [4.78, 5) is 53.1. The maximum Gasteiger partial charge on any atom is 0.355 e. The molecule has 4 aromatic rings. The van der Waals surface area contributed by atoms with Gasteiger partial charge in [-0.1, -0.05) is 32.4 Å². The standard InChI is InChI=1S/C25H24ClN5O5S2/c1-25(2,3)24(35)31-20(27-12-14-5-7-19(26)37-14)11-16(29-31)15-6-8-21(33)30(22(15)23(34)36-4)13-17(32)18-9-10-28-38-18/h5-11,27H,12-13H2,1-4H3. The van der Waals surface area contributed by atoms with Crippen LogP contribution in [0.3, 0.4) is 0 Å². The van der Waals surface area contributed by atoms with Crippen LogP contribution in [0.25, 0.3) is 11.3 Å². The number of methoxy groups -OCH3 is 1. The van der Waals surface area contributed by atoms with Gasteiger partial charge in [-0.3, -0.25) is 19.0 Å². The van der Waals surface area contributed by atoms with Crippen LogP contribution in [0.4, 0.5) is 5.82 Å². The number of hydrogen-bond donors (Lipinski definition) is 1. The number of pyridine rings is 1. The summed E-state index contributed by atoms with van der Waals surface area (Å²) >= 11 is 8.44. The van der Waals surface area contributed by atoms with Crippen molar-refractivity contribution in [1.82, 2.24) is 18.7 Å². The van der Waals surface area contributed by atoms with E-state index in [0.29, 0.717) is 21.6 Å². The highest BCUT2D eigenvalue weighted by atomic mass is 35.5. The molecule has 0 spiro atoms. The zero-order valence-electron chi connectivity index (χ0n) is 21.0. The van der Waals surface area contributed by atoms with Crippen LogP contribution in [0, 0.1) is 5.41 Å². The summed E-state index contributed by atoms with van der Waals surface area (Å²) in [6.45, 7) is 5.29. The van der Waals surface area contributed by atoms with Gasteiger partial charge in [0.1, 0.15) is 11.5 Å². The van der Waals surface area contributed by atoms with Gasteiger partial charge in [-0.15, -0.1) is 11.3 Å². The molecule has 0 aromatic carbocycles. The van der Waals surface area contributed by atoms with Crippen LogP contribution in [0.5, 0.6) is 0 Å². The summed E-state index contributed by atoms with van der Waals surface area (Å²) < 4.78 is 11.8. The molecule has 0 bridgehead atoms. The Morgan fingerprint density at radius 1 is 1.13 bits per heavy atom. The molecule has 198 valence electrons. The lowest BCUT2D eigenvalue weighted by molar-refractivity contribution is 0.0587. The van der Waals surface area contributed by atoms with E-state index in [1.54, 1.807) is 32.9 Å².